The van der Waals surface area contributed by atoms with Gasteiger partial charge in [0.15, 0.2) is 0 Å². The lowest BCUT2D eigenvalue weighted by molar-refractivity contribution is -0.00000486. The fourth-order valence-electron chi connectivity index (χ4n) is 2.68. The minimum absolute atomic E-state index is 0. The zero-order chi connectivity index (χ0) is 15.8. The van der Waals surface area contributed by atoms with E-state index in [4.69, 9.17) is 0 Å². The summed E-state index contributed by atoms with van der Waals surface area (Å²) < 4.78 is 5.42. The normalized spacial score (nSPS) is 11.7. The molecule has 22 heavy (non-hydrogen) atoms. The highest BCUT2D eigenvalue weighted by Crippen LogP contribution is 2.25. The molecule has 0 rings (SSSR count). The molecule has 0 amide bonds. The van der Waals surface area contributed by atoms with Crippen molar-refractivity contribution < 1.29 is 12.4 Å². The summed E-state index contributed by atoms with van der Waals surface area (Å²) in [5.41, 5.74) is 0. The molecule has 1 unspecified atom stereocenters. The minimum atomic E-state index is 0. The van der Waals surface area contributed by atoms with Gasteiger partial charge < -0.3 is 12.4 Å². The number of hydrogen-bond acceptors (Lipinski definition) is 2. The molecule has 1 atom stereocenters. The topological polar surface area (TPSA) is 6.48 Å². The molecule has 136 valence electrons. The van der Waals surface area contributed by atoms with Crippen molar-refractivity contribution in [3.63, 3.8) is 0 Å². The van der Waals surface area contributed by atoms with E-state index in [0.717, 1.165) is 0 Å². The summed E-state index contributed by atoms with van der Waals surface area (Å²) in [6, 6.07) is 0. The van der Waals surface area contributed by atoms with Gasteiger partial charge in [-0.2, -0.15) is 9.34 Å². The van der Waals surface area contributed by atoms with E-state index in [1.165, 1.54) is 90.4 Å². The van der Waals surface area contributed by atoms with E-state index in [1.807, 2.05) is 0 Å². The van der Waals surface area contributed by atoms with Crippen LogP contribution in [0.15, 0.2) is 0 Å². The second-order valence-electron chi connectivity index (χ2n) is 6.20. The van der Waals surface area contributed by atoms with E-state index in [-0.39, 0.29) is 12.4 Å². The first-order valence-corrected chi connectivity index (χ1v) is 10.6. The van der Waals surface area contributed by atoms with Crippen LogP contribution in [-0.4, -0.2) is 35.5 Å². The molecule has 0 saturated heterocycles. The molecule has 0 bridgehead atoms. The molecule has 0 saturated carbocycles. The third-order valence-corrected chi connectivity index (χ3v) is 6.14. The predicted octanol–water partition coefficient (Wildman–Crippen LogP) is 2.82. The van der Waals surface area contributed by atoms with Gasteiger partial charge in [-0.25, -0.2) is 0 Å². The lowest BCUT2D eigenvalue weighted by Crippen LogP contribution is -3.00. The van der Waals surface area contributed by atoms with Gasteiger partial charge in [-0.1, -0.05) is 65.2 Å². The minimum Gasteiger partial charge on any atom is -1.00 e. The SMILES string of the molecule is CCCCCCCN(CCCCCCC)[PH2+]N(CC)CC.[Cl-]. The Kier molecular flexibility index (Phi) is 22.3. The highest BCUT2D eigenvalue weighted by atomic mass is 35.5. The van der Waals surface area contributed by atoms with Gasteiger partial charge in [-0.15, -0.1) is 0 Å². The molecule has 0 aliphatic heterocycles. The third-order valence-electron chi connectivity index (χ3n) is 4.24. The second-order valence-corrected chi connectivity index (χ2v) is 7.89. The smallest absolute Gasteiger partial charge is 0.126 e. The first-order chi connectivity index (χ1) is 10.3. The highest BCUT2D eigenvalue weighted by Gasteiger charge is 2.14. The summed E-state index contributed by atoms with van der Waals surface area (Å²) >= 11 is 0. The van der Waals surface area contributed by atoms with Gasteiger partial charge in [0.2, 0.25) is 0 Å². The Morgan fingerprint density at radius 3 is 1.32 bits per heavy atom. The van der Waals surface area contributed by atoms with Gasteiger partial charge in [0.05, 0.1) is 0 Å². The van der Waals surface area contributed by atoms with Crippen LogP contribution in [0.1, 0.15) is 91.9 Å². The molecule has 0 aliphatic rings. The second kappa shape index (κ2) is 19.7. The van der Waals surface area contributed by atoms with Gasteiger partial charge >= 0.3 is 0 Å². The molecule has 0 radical (unpaired) electrons. The Morgan fingerprint density at radius 1 is 0.545 bits per heavy atom. The fraction of sp³-hybridized carbons (Fsp3) is 1.00. The van der Waals surface area contributed by atoms with Crippen molar-refractivity contribution >= 4 is 8.88 Å². The van der Waals surface area contributed by atoms with E-state index in [2.05, 4.69) is 37.0 Å². The van der Waals surface area contributed by atoms with Crippen molar-refractivity contribution in [2.24, 2.45) is 0 Å². The summed E-state index contributed by atoms with van der Waals surface area (Å²) in [6.45, 7) is 14.3. The molecule has 2 nitrogen and oxygen atoms in total. The molecular weight excluding hydrogens is 311 g/mol. The van der Waals surface area contributed by atoms with Gasteiger partial charge in [0.25, 0.3) is 0 Å². The van der Waals surface area contributed by atoms with Crippen LogP contribution in [0.3, 0.4) is 0 Å². The molecule has 0 spiro atoms. The van der Waals surface area contributed by atoms with E-state index < -0.39 is 0 Å². The molecule has 0 N–H and O–H groups in total. The lowest BCUT2D eigenvalue weighted by Gasteiger charge is -2.21. The fourth-order valence-corrected chi connectivity index (χ4v) is 4.07. The van der Waals surface area contributed by atoms with Gasteiger partial charge in [-0.3, -0.25) is 0 Å². The van der Waals surface area contributed by atoms with E-state index in [1.54, 1.807) is 0 Å². The Balaban J connectivity index is 0. The number of rotatable bonds is 16. The van der Waals surface area contributed by atoms with Crippen LogP contribution in [0.4, 0.5) is 0 Å². The van der Waals surface area contributed by atoms with Crippen molar-refractivity contribution in [2.45, 2.75) is 91.9 Å². The van der Waals surface area contributed by atoms with Crippen molar-refractivity contribution in [3.05, 3.63) is 0 Å². The number of unbranched alkanes of at least 4 members (excludes halogenated alkanes) is 8. The van der Waals surface area contributed by atoms with Crippen molar-refractivity contribution in [1.82, 2.24) is 9.34 Å². The zero-order valence-corrected chi connectivity index (χ0v) is 17.7. The lowest BCUT2D eigenvalue weighted by atomic mass is 10.1. The zero-order valence-electron chi connectivity index (χ0n) is 15.7. The van der Waals surface area contributed by atoms with Crippen LogP contribution < -0.4 is 12.4 Å². The Hall–Kier alpha value is 0.640. The Morgan fingerprint density at radius 2 is 0.955 bits per heavy atom. The molecule has 0 fully saturated rings. The molecular formula is C18H42ClN2P. The monoisotopic (exact) mass is 352 g/mol. The average molecular weight is 353 g/mol. The standard InChI is InChI=1S/C18H41N2P.ClH/c1-5-9-11-13-15-17-20(21-19(7-3)8-4)18-16-14-12-10-6-2;/h21H,5-18H2,1-4H3;1H. The summed E-state index contributed by atoms with van der Waals surface area (Å²) in [7, 11) is 0.366. The molecule has 4 heteroatoms. The van der Waals surface area contributed by atoms with Crippen LogP contribution in [0.2, 0.25) is 0 Å². The maximum Gasteiger partial charge on any atom is 0.126 e. The number of halogens is 1. The predicted molar refractivity (Wildman–Crippen MR) is 102 cm³/mol. The van der Waals surface area contributed by atoms with E-state index >= 15 is 0 Å². The summed E-state index contributed by atoms with van der Waals surface area (Å²) in [4.78, 5) is 0. The first-order valence-electron chi connectivity index (χ1n) is 9.61. The molecule has 0 aromatic heterocycles. The highest BCUT2D eigenvalue weighted by molar-refractivity contribution is 7.32. The average Bonchev–Trinajstić information content (AvgIpc) is 2.51. The van der Waals surface area contributed by atoms with Crippen molar-refractivity contribution in [3.8, 4) is 0 Å². The number of nitrogens with zero attached hydrogens (tertiary/aromatic N) is 2. The van der Waals surface area contributed by atoms with Crippen LogP contribution in [0.25, 0.3) is 0 Å². The summed E-state index contributed by atoms with van der Waals surface area (Å²) in [5, 5.41) is 0. The van der Waals surface area contributed by atoms with Crippen molar-refractivity contribution in [1.29, 1.82) is 0 Å². The van der Waals surface area contributed by atoms with Crippen LogP contribution in [-0.2, 0) is 0 Å². The first kappa shape index (κ1) is 24.9. The summed E-state index contributed by atoms with van der Waals surface area (Å²) in [6.07, 6.45) is 14.1. The van der Waals surface area contributed by atoms with Gasteiger partial charge in [0, 0.05) is 26.2 Å². The Labute approximate surface area is 149 Å². The molecule has 0 heterocycles. The molecule has 0 aromatic rings. The van der Waals surface area contributed by atoms with Crippen molar-refractivity contribution in [2.75, 3.05) is 26.2 Å². The van der Waals surface area contributed by atoms with E-state index in [9.17, 15) is 0 Å². The van der Waals surface area contributed by atoms with Crippen LogP contribution in [0, 0.1) is 0 Å². The molecule has 0 aromatic carbocycles. The maximum atomic E-state index is 2.78. The van der Waals surface area contributed by atoms with E-state index in [0.29, 0.717) is 8.88 Å². The largest absolute Gasteiger partial charge is 1.00 e. The number of hydrogen-bond donors (Lipinski definition) is 0. The molecule has 0 aliphatic carbocycles. The van der Waals surface area contributed by atoms with Crippen LogP contribution in [0.5, 0.6) is 0 Å². The third kappa shape index (κ3) is 15.5. The van der Waals surface area contributed by atoms with Gasteiger partial charge in [0.1, 0.15) is 8.88 Å². The van der Waals surface area contributed by atoms with Gasteiger partial charge in [-0.05, 0) is 26.7 Å². The van der Waals surface area contributed by atoms with Crippen LogP contribution >= 0.6 is 8.88 Å². The quantitative estimate of drug-likeness (QED) is 0.311. The Bertz CT molecular complexity index is 188. The maximum absolute atomic E-state index is 2.78. The summed E-state index contributed by atoms with van der Waals surface area (Å²) in [5.74, 6) is 0.